The molecule has 0 aliphatic carbocycles. The average Bonchev–Trinajstić information content (AvgIpc) is 2.27. The number of aryl methyl sites for hydroxylation is 2. The fourth-order valence-electron chi connectivity index (χ4n) is 1.62. The van der Waals surface area contributed by atoms with Crippen molar-refractivity contribution in [2.24, 2.45) is 21.1 Å². The summed E-state index contributed by atoms with van der Waals surface area (Å²) < 4.78 is 3.41. The van der Waals surface area contributed by atoms with Crippen molar-refractivity contribution in [2.45, 2.75) is 0 Å². The molecule has 0 amide bonds. The standard InChI is InChI=1S/C9H10N4O3/c1-11-5(14)4-10-6-7(11)12(2)9(16)13(3)8(6)15/h4H,1-3H3. The lowest BCUT2D eigenvalue weighted by Crippen LogP contribution is -2.39. The lowest BCUT2D eigenvalue weighted by atomic mass is 10.4. The van der Waals surface area contributed by atoms with Gasteiger partial charge in [-0.25, -0.2) is 9.78 Å². The van der Waals surface area contributed by atoms with Crippen LogP contribution in [0.15, 0.2) is 20.6 Å². The van der Waals surface area contributed by atoms with Gasteiger partial charge < -0.3 is 0 Å². The quantitative estimate of drug-likeness (QED) is 0.534. The zero-order chi connectivity index (χ0) is 12.0. The molecule has 2 aromatic rings. The van der Waals surface area contributed by atoms with E-state index in [-0.39, 0.29) is 16.7 Å². The van der Waals surface area contributed by atoms with Crippen molar-refractivity contribution < 1.29 is 0 Å². The lowest BCUT2D eigenvalue weighted by molar-refractivity contribution is 0.684. The van der Waals surface area contributed by atoms with Crippen molar-refractivity contribution in [1.29, 1.82) is 0 Å². The number of hydrogen-bond acceptors (Lipinski definition) is 4. The summed E-state index contributed by atoms with van der Waals surface area (Å²) in [5.74, 6) is 0. The van der Waals surface area contributed by atoms with E-state index in [9.17, 15) is 14.4 Å². The van der Waals surface area contributed by atoms with Crippen LogP contribution in [0.4, 0.5) is 0 Å². The number of fused-ring (bicyclic) bond motifs is 1. The molecule has 0 saturated carbocycles. The van der Waals surface area contributed by atoms with Gasteiger partial charge in [0.05, 0.1) is 6.20 Å². The second kappa shape index (κ2) is 3.16. The van der Waals surface area contributed by atoms with Gasteiger partial charge in [-0.05, 0) is 0 Å². The molecule has 0 radical (unpaired) electrons. The first-order valence-electron chi connectivity index (χ1n) is 4.57. The maximum absolute atomic E-state index is 11.7. The Bertz CT molecular complexity index is 750. The summed E-state index contributed by atoms with van der Waals surface area (Å²) in [4.78, 5) is 38.5. The molecule has 0 spiro atoms. The van der Waals surface area contributed by atoms with Gasteiger partial charge in [-0.2, -0.15) is 0 Å². The highest BCUT2D eigenvalue weighted by Gasteiger charge is 2.12. The molecule has 2 heterocycles. The zero-order valence-corrected chi connectivity index (χ0v) is 9.09. The number of hydrogen-bond donors (Lipinski definition) is 0. The van der Waals surface area contributed by atoms with Crippen molar-refractivity contribution in [2.75, 3.05) is 0 Å². The second-order valence-corrected chi connectivity index (χ2v) is 3.53. The number of rotatable bonds is 0. The van der Waals surface area contributed by atoms with E-state index in [2.05, 4.69) is 4.98 Å². The third-order valence-corrected chi connectivity index (χ3v) is 2.56. The van der Waals surface area contributed by atoms with Crippen LogP contribution in [0.25, 0.3) is 11.2 Å². The van der Waals surface area contributed by atoms with Gasteiger partial charge >= 0.3 is 5.69 Å². The van der Waals surface area contributed by atoms with E-state index in [0.29, 0.717) is 0 Å². The maximum atomic E-state index is 11.7. The van der Waals surface area contributed by atoms with Crippen molar-refractivity contribution in [3.63, 3.8) is 0 Å². The SMILES string of the molecule is Cn1c(=O)c2ncc(=O)n(C)c2n(C)c1=O. The zero-order valence-electron chi connectivity index (χ0n) is 9.09. The van der Waals surface area contributed by atoms with Crippen LogP contribution >= 0.6 is 0 Å². The monoisotopic (exact) mass is 222 g/mol. The van der Waals surface area contributed by atoms with Gasteiger partial charge in [0.25, 0.3) is 11.1 Å². The van der Waals surface area contributed by atoms with E-state index in [0.717, 1.165) is 10.8 Å². The summed E-state index contributed by atoms with van der Waals surface area (Å²) in [5, 5.41) is 0. The van der Waals surface area contributed by atoms with E-state index in [1.54, 1.807) is 0 Å². The normalized spacial score (nSPS) is 10.9. The van der Waals surface area contributed by atoms with Crippen molar-refractivity contribution >= 4 is 11.2 Å². The van der Waals surface area contributed by atoms with Crippen molar-refractivity contribution in [3.8, 4) is 0 Å². The molecule has 7 heteroatoms. The molecule has 0 unspecified atom stereocenters. The molecule has 7 nitrogen and oxygen atoms in total. The van der Waals surface area contributed by atoms with Gasteiger partial charge in [0, 0.05) is 21.1 Å². The number of aromatic nitrogens is 4. The van der Waals surface area contributed by atoms with Gasteiger partial charge in [-0.1, -0.05) is 0 Å². The Kier molecular flexibility index (Phi) is 2.04. The van der Waals surface area contributed by atoms with E-state index >= 15 is 0 Å². The van der Waals surface area contributed by atoms with Crippen LogP contribution in [0.5, 0.6) is 0 Å². The first kappa shape index (κ1) is 10.3. The Balaban J connectivity index is 3.29. The third-order valence-electron chi connectivity index (χ3n) is 2.56. The molecule has 0 aromatic carbocycles. The molecule has 0 aliphatic heterocycles. The first-order valence-corrected chi connectivity index (χ1v) is 4.57. The minimum absolute atomic E-state index is 0.103. The predicted molar refractivity (Wildman–Crippen MR) is 57.5 cm³/mol. The second-order valence-electron chi connectivity index (χ2n) is 3.53. The van der Waals surface area contributed by atoms with Crippen LogP contribution in [-0.2, 0) is 21.1 Å². The van der Waals surface area contributed by atoms with Gasteiger partial charge in [0.1, 0.15) is 0 Å². The largest absolute Gasteiger partial charge is 0.332 e. The molecule has 0 saturated heterocycles. The van der Waals surface area contributed by atoms with Gasteiger partial charge in [0.2, 0.25) is 0 Å². The van der Waals surface area contributed by atoms with Crippen LogP contribution in [-0.4, -0.2) is 18.7 Å². The molecule has 2 rings (SSSR count). The Hall–Kier alpha value is -2.18. The Morgan fingerprint density at radius 3 is 2.25 bits per heavy atom. The molecular weight excluding hydrogens is 212 g/mol. The van der Waals surface area contributed by atoms with Crippen LogP contribution < -0.4 is 16.8 Å². The highest BCUT2D eigenvalue weighted by atomic mass is 16.2. The molecule has 0 fully saturated rings. The lowest BCUT2D eigenvalue weighted by Gasteiger charge is -2.09. The fraction of sp³-hybridized carbons (Fsp3) is 0.333. The van der Waals surface area contributed by atoms with Gasteiger partial charge in [-0.3, -0.25) is 23.3 Å². The Labute approximate surface area is 89.2 Å². The van der Waals surface area contributed by atoms with Crippen LogP contribution in [0, 0.1) is 0 Å². The topological polar surface area (TPSA) is 78.9 Å². The highest BCUT2D eigenvalue weighted by molar-refractivity contribution is 5.68. The highest BCUT2D eigenvalue weighted by Crippen LogP contribution is 1.98. The summed E-state index contributed by atoms with van der Waals surface area (Å²) in [6.45, 7) is 0. The van der Waals surface area contributed by atoms with Crippen molar-refractivity contribution in [3.05, 3.63) is 37.4 Å². The first-order chi connectivity index (χ1) is 7.45. The maximum Gasteiger partial charge on any atom is 0.332 e. The van der Waals surface area contributed by atoms with E-state index in [4.69, 9.17) is 0 Å². The van der Waals surface area contributed by atoms with E-state index < -0.39 is 11.2 Å². The number of nitrogens with zero attached hydrogens (tertiary/aromatic N) is 4. The molecular formula is C9H10N4O3. The summed E-state index contributed by atoms with van der Waals surface area (Å²) >= 11 is 0. The smallest absolute Gasteiger partial charge is 0.294 e. The van der Waals surface area contributed by atoms with Gasteiger partial charge in [-0.15, -0.1) is 0 Å². The Morgan fingerprint density at radius 1 is 1.00 bits per heavy atom. The van der Waals surface area contributed by atoms with Crippen molar-refractivity contribution in [1.82, 2.24) is 18.7 Å². The molecule has 84 valence electrons. The molecule has 0 atom stereocenters. The molecule has 0 aliphatic rings. The van der Waals surface area contributed by atoms with Crippen LogP contribution in [0.1, 0.15) is 0 Å². The van der Waals surface area contributed by atoms with E-state index in [1.165, 1.54) is 30.3 Å². The molecule has 0 N–H and O–H groups in total. The fourth-order valence-corrected chi connectivity index (χ4v) is 1.62. The molecule has 2 aromatic heterocycles. The average molecular weight is 222 g/mol. The third kappa shape index (κ3) is 1.14. The summed E-state index contributed by atoms with van der Waals surface area (Å²) in [6.07, 6.45) is 1.06. The summed E-state index contributed by atoms with van der Waals surface area (Å²) in [7, 11) is 4.35. The predicted octanol–water partition coefficient (Wildman–Crippen LogP) is -1.67. The summed E-state index contributed by atoms with van der Waals surface area (Å²) in [6, 6.07) is 0. The minimum Gasteiger partial charge on any atom is -0.294 e. The van der Waals surface area contributed by atoms with Crippen LogP contribution in [0.2, 0.25) is 0 Å². The summed E-state index contributed by atoms with van der Waals surface area (Å²) in [5.41, 5.74) is -1.03. The van der Waals surface area contributed by atoms with Crippen LogP contribution in [0.3, 0.4) is 0 Å². The van der Waals surface area contributed by atoms with E-state index in [1.807, 2.05) is 0 Å². The molecule has 0 bridgehead atoms. The Morgan fingerprint density at radius 2 is 1.62 bits per heavy atom. The van der Waals surface area contributed by atoms with Gasteiger partial charge in [0.15, 0.2) is 11.2 Å². The molecule has 16 heavy (non-hydrogen) atoms. The minimum atomic E-state index is -0.506.